The Morgan fingerprint density at radius 3 is 2.05 bits per heavy atom. The molecule has 1 aliphatic carbocycles. The average Bonchev–Trinajstić information content (AvgIpc) is 2.54. The number of anilines is 2. The van der Waals surface area contributed by atoms with Crippen molar-refractivity contribution in [2.45, 2.75) is 33.6 Å². The number of nitrogens with zero attached hydrogens (tertiary/aromatic N) is 1. The zero-order valence-corrected chi connectivity index (χ0v) is 13.6. The van der Waals surface area contributed by atoms with Crippen molar-refractivity contribution in [2.75, 3.05) is 4.90 Å². The zero-order chi connectivity index (χ0) is 15.5. The molecule has 0 amide bonds. The third-order valence-electron chi connectivity index (χ3n) is 4.26. The van der Waals surface area contributed by atoms with E-state index in [9.17, 15) is 0 Å². The Balaban J connectivity index is 2.14. The van der Waals surface area contributed by atoms with Crippen LogP contribution in [0, 0.1) is 6.92 Å². The van der Waals surface area contributed by atoms with Gasteiger partial charge < -0.3 is 4.90 Å². The molecule has 0 atom stereocenters. The highest BCUT2D eigenvalue weighted by atomic mass is 15.1. The molecule has 22 heavy (non-hydrogen) atoms. The molecule has 0 saturated heterocycles. The summed E-state index contributed by atoms with van der Waals surface area (Å²) >= 11 is 0. The lowest BCUT2D eigenvalue weighted by molar-refractivity contribution is 0.875. The minimum absolute atomic E-state index is 1.15. The first-order valence-corrected chi connectivity index (χ1v) is 7.94. The van der Waals surface area contributed by atoms with Crippen molar-refractivity contribution >= 4 is 11.4 Å². The maximum atomic E-state index is 2.37. The van der Waals surface area contributed by atoms with E-state index < -0.39 is 0 Å². The molecule has 0 N–H and O–H groups in total. The van der Waals surface area contributed by atoms with Crippen LogP contribution in [0.5, 0.6) is 0 Å². The van der Waals surface area contributed by atoms with Crippen molar-refractivity contribution in [1.82, 2.24) is 0 Å². The first-order valence-electron chi connectivity index (χ1n) is 7.94. The second-order valence-electron chi connectivity index (χ2n) is 6.16. The topological polar surface area (TPSA) is 3.24 Å². The molecule has 0 aliphatic heterocycles. The summed E-state index contributed by atoms with van der Waals surface area (Å²) < 4.78 is 0. The molecule has 112 valence electrons. The van der Waals surface area contributed by atoms with E-state index in [-0.39, 0.29) is 0 Å². The van der Waals surface area contributed by atoms with Crippen LogP contribution in [-0.4, -0.2) is 0 Å². The van der Waals surface area contributed by atoms with Crippen molar-refractivity contribution < 1.29 is 0 Å². The predicted octanol–water partition coefficient (Wildman–Crippen LogP) is 6.15. The minimum Gasteiger partial charge on any atom is -0.311 e. The van der Waals surface area contributed by atoms with Crippen LogP contribution in [0.25, 0.3) is 0 Å². The van der Waals surface area contributed by atoms with Gasteiger partial charge in [-0.2, -0.15) is 0 Å². The van der Waals surface area contributed by atoms with Crippen LogP contribution in [0.1, 0.15) is 32.3 Å². The Labute approximate surface area is 133 Å². The summed E-state index contributed by atoms with van der Waals surface area (Å²) in [4.78, 5) is 2.37. The van der Waals surface area contributed by atoms with Crippen LogP contribution in [0.15, 0.2) is 77.5 Å². The van der Waals surface area contributed by atoms with Crippen LogP contribution in [0.3, 0.4) is 0 Å². The normalized spacial score (nSPS) is 14.8. The molecular formula is C21H23N. The van der Waals surface area contributed by atoms with E-state index in [1.54, 1.807) is 0 Å². The molecule has 2 aromatic carbocycles. The molecule has 1 heteroatoms. The molecule has 0 radical (unpaired) electrons. The second-order valence-corrected chi connectivity index (χ2v) is 6.16. The van der Waals surface area contributed by atoms with E-state index in [0.717, 1.165) is 6.42 Å². The van der Waals surface area contributed by atoms with Crippen LogP contribution >= 0.6 is 0 Å². The quantitative estimate of drug-likeness (QED) is 0.655. The molecule has 1 aliphatic rings. The summed E-state index contributed by atoms with van der Waals surface area (Å²) in [6.07, 6.45) is 4.66. The molecule has 1 nitrogen and oxygen atoms in total. The molecule has 0 spiro atoms. The SMILES string of the molecule is CC1=CC(N(c2ccccc2)c2ccc(C)cc2)=C(C)CC1. The third kappa shape index (κ3) is 2.99. The van der Waals surface area contributed by atoms with Crippen LogP contribution in [0.2, 0.25) is 0 Å². The summed E-state index contributed by atoms with van der Waals surface area (Å²) in [5.41, 5.74) is 7.95. The highest BCUT2D eigenvalue weighted by Gasteiger charge is 2.18. The molecule has 3 rings (SSSR count). The van der Waals surface area contributed by atoms with Gasteiger partial charge in [-0.15, -0.1) is 0 Å². The molecule has 0 fully saturated rings. The number of benzene rings is 2. The van der Waals surface area contributed by atoms with E-state index in [1.165, 1.54) is 40.2 Å². The van der Waals surface area contributed by atoms with Gasteiger partial charge in [-0.25, -0.2) is 0 Å². The van der Waals surface area contributed by atoms with Crippen LogP contribution in [0.4, 0.5) is 11.4 Å². The molecule has 0 unspecified atom stereocenters. The molecule has 0 bridgehead atoms. The van der Waals surface area contributed by atoms with E-state index in [0.29, 0.717) is 0 Å². The lowest BCUT2D eigenvalue weighted by Crippen LogP contribution is -2.18. The fourth-order valence-corrected chi connectivity index (χ4v) is 2.90. The fourth-order valence-electron chi connectivity index (χ4n) is 2.90. The number of allylic oxidation sites excluding steroid dienone is 3. The Morgan fingerprint density at radius 1 is 0.727 bits per heavy atom. The Kier molecular flexibility index (Phi) is 4.15. The van der Waals surface area contributed by atoms with Crippen LogP contribution in [-0.2, 0) is 0 Å². The third-order valence-corrected chi connectivity index (χ3v) is 4.26. The van der Waals surface area contributed by atoms with E-state index in [1.807, 2.05) is 0 Å². The first-order chi connectivity index (χ1) is 10.6. The summed E-state index contributed by atoms with van der Waals surface area (Å²) in [7, 11) is 0. The van der Waals surface area contributed by atoms with Gasteiger partial charge in [0, 0.05) is 17.1 Å². The Hall–Kier alpha value is -2.28. The van der Waals surface area contributed by atoms with Gasteiger partial charge >= 0.3 is 0 Å². The van der Waals surface area contributed by atoms with Gasteiger partial charge in [-0.1, -0.05) is 41.5 Å². The van der Waals surface area contributed by atoms with Crippen molar-refractivity contribution in [3.05, 3.63) is 83.1 Å². The molecule has 2 aromatic rings. The summed E-state index contributed by atoms with van der Waals surface area (Å²) in [5.74, 6) is 0. The first kappa shape index (κ1) is 14.6. The van der Waals surface area contributed by atoms with Gasteiger partial charge in [-0.05, 0) is 69.5 Å². The number of aryl methyl sites for hydroxylation is 1. The minimum atomic E-state index is 1.15. The smallest absolute Gasteiger partial charge is 0.0461 e. The van der Waals surface area contributed by atoms with Gasteiger partial charge in [0.15, 0.2) is 0 Å². The molecule has 0 heterocycles. The van der Waals surface area contributed by atoms with Gasteiger partial charge in [0.2, 0.25) is 0 Å². The Bertz CT molecular complexity index is 705. The zero-order valence-electron chi connectivity index (χ0n) is 13.6. The number of hydrogen-bond donors (Lipinski definition) is 0. The summed E-state index contributed by atoms with van der Waals surface area (Å²) in [6.45, 7) is 6.61. The van der Waals surface area contributed by atoms with Crippen molar-refractivity contribution in [3.63, 3.8) is 0 Å². The molecule has 0 saturated carbocycles. The summed E-state index contributed by atoms with van der Waals surface area (Å²) in [5, 5.41) is 0. The van der Waals surface area contributed by atoms with Crippen molar-refractivity contribution in [3.8, 4) is 0 Å². The maximum absolute atomic E-state index is 2.37. The van der Waals surface area contributed by atoms with E-state index in [2.05, 4.69) is 86.3 Å². The summed E-state index contributed by atoms with van der Waals surface area (Å²) in [6, 6.07) is 19.4. The van der Waals surface area contributed by atoms with E-state index >= 15 is 0 Å². The lowest BCUT2D eigenvalue weighted by Gasteiger charge is -2.30. The molecular weight excluding hydrogens is 266 g/mol. The van der Waals surface area contributed by atoms with E-state index in [4.69, 9.17) is 0 Å². The lowest BCUT2D eigenvalue weighted by atomic mass is 9.96. The second kappa shape index (κ2) is 6.23. The highest BCUT2D eigenvalue weighted by molar-refractivity contribution is 5.71. The van der Waals surface area contributed by atoms with Gasteiger partial charge in [0.1, 0.15) is 0 Å². The highest BCUT2D eigenvalue weighted by Crippen LogP contribution is 2.35. The fraction of sp³-hybridized carbons (Fsp3) is 0.238. The molecule has 0 aromatic heterocycles. The number of hydrogen-bond acceptors (Lipinski definition) is 1. The Morgan fingerprint density at radius 2 is 1.36 bits per heavy atom. The van der Waals surface area contributed by atoms with Gasteiger partial charge in [-0.3, -0.25) is 0 Å². The van der Waals surface area contributed by atoms with Crippen molar-refractivity contribution in [2.24, 2.45) is 0 Å². The predicted molar refractivity (Wildman–Crippen MR) is 95.5 cm³/mol. The standard InChI is InChI=1S/C21H23N/c1-16-10-13-20(14-11-16)22(19-7-5-4-6-8-19)21-15-17(2)9-12-18(21)3/h4-8,10-11,13-15H,9,12H2,1-3H3. The maximum Gasteiger partial charge on any atom is 0.0461 e. The largest absolute Gasteiger partial charge is 0.311 e. The monoisotopic (exact) mass is 289 g/mol. The number of para-hydroxylation sites is 1. The van der Waals surface area contributed by atoms with Gasteiger partial charge in [0.25, 0.3) is 0 Å². The number of rotatable bonds is 3. The van der Waals surface area contributed by atoms with Crippen molar-refractivity contribution in [1.29, 1.82) is 0 Å². The average molecular weight is 289 g/mol. The van der Waals surface area contributed by atoms with Crippen LogP contribution < -0.4 is 4.90 Å². The van der Waals surface area contributed by atoms with Gasteiger partial charge in [0.05, 0.1) is 0 Å².